The first kappa shape index (κ1) is 8.12. The van der Waals surface area contributed by atoms with Gasteiger partial charge in [0.15, 0.2) is 0 Å². The predicted molar refractivity (Wildman–Crippen MR) is 52.6 cm³/mol. The van der Waals surface area contributed by atoms with E-state index in [1.54, 1.807) is 0 Å². The van der Waals surface area contributed by atoms with Crippen LogP contribution in [0.3, 0.4) is 0 Å². The van der Waals surface area contributed by atoms with Crippen LogP contribution in [-0.2, 0) is 18.7 Å². The molecule has 0 bridgehead atoms. The van der Waals surface area contributed by atoms with Crippen LogP contribution in [0.4, 0.5) is 0 Å². The van der Waals surface area contributed by atoms with E-state index in [4.69, 9.17) is 11.6 Å². The second kappa shape index (κ2) is 3.49. The molecule has 0 radical (unpaired) electrons. The molecule has 1 aliphatic carbocycles. The van der Waals surface area contributed by atoms with Crippen LogP contribution in [0.25, 0.3) is 0 Å². The number of alkyl halides is 1. The van der Waals surface area contributed by atoms with Crippen LogP contribution in [0.5, 0.6) is 0 Å². The van der Waals surface area contributed by atoms with Crippen LogP contribution in [0.1, 0.15) is 29.5 Å². The average Bonchev–Trinajstić information content (AvgIpc) is 2.17. The quantitative estimate of drug-likeness (QED) is 0.582. The van der Waals surface area contributed by atoms with Gasteiger partial charge in [-0.05, 0) is 42.4 Å². The Morgan fingerprint density at radius 3 is 2.83 bits per heavy atom. The molecule has 2 rings (SSSR count). The zero-order valence-corrected chi connectivity index (χ0v) is 7.90. The molecule has 1 aromatic carbocycles. The van der Waals surface area contributed by atoms with Crippen molar-refractivity contribution in [3.63, 3.8) is 0 Å². The third kappa shape index (κ3) is 1.36. The molecule has 0 atom stereocenters. The first-order chi connectivity index (χ1) is 5.92. The summed E-state index contributed by atoms with van der Waals surface area (Å²) in [5.41, 5.74) is 4.40. The zero-order chi connectivity index (χ0) is 8.39. The Kier molecular flexibility index (Phi) is 2.36. The van der Waals surface area contributed by atoms with Crippen molar-refractivity contribution < 1.29 is 0 Å². The Hall–Kier alpha value is -0.490. The van der Waals surface area contributed by atoms with Gasteiger partial charge in [0, 0.05) is 5.88 Å². The first-order valence-corrected chi connectivity index (χ1v) is 5.11. The average molecular weight is 181 g/mol. The van der Waals surface area contributed by atoms with E-state index in [1.165, 1.54) is 42.4 Å². The van der Waals surface area contributed by atoms with Crippen LogP contribution in [0.15, 0.2) is 18.2 Å². The van der Waals surface area contributed by atoms with E-state index in [9.17, 15) is 0 Å². The fourth-order valence-corrected chi connectivity index (χ4v) is 2.24. The van der Waals surface area contributed by atoms with Crippen LogP contribution in [-0.4, -0.2) is 0 Å². The molecule has 0 nitrogen and oxygen atoms in total. The van der Waals surface area contributed by atoms with Gasteiger partial charge in [-0.25, -0.2) is 0 Å². The van der Waals surface area contributed by atoms with Crippen molar-refractivity contribution in [2.75, 3.05) is 0 Å². The minimum Gasteiger partial charge on any atom is -0.122 e. The summed E-state index contributed by atoms with van der Waals surface area (Å²) >= 11 is 5.86. The van der Waals surface area contributed by atoms with Gasteiger partial charge in [0.1, 0.15) is 0 Å². The van der Waals surface area contributed by atoms with Gasteiger partial charge in [-0.15, -0.1) is 11.6 Å². The SMILES string of the molecule is ClCc1cccc2c1CCCC2. The molecule has 64 valence electrons. The van der Waals surface area contributed by atoms with Gasteiger partial charge < -0.3 is 0 Å². The third-order valence-corrected chi connectivity index (χ3v) is 2.92. The summed E-state index contributed by atoms with van der Waals surface area (Å²) in [6, 6.07) is 6.52. The molecule has 0 aromatic heterocycles. The molecule has 0 spiro atoms. The van der Waals surface area contributed by atoms with Gasteiger partial charge in [-0.3, -0.25) is 0 Å². The standard InChI is InChI=1S/C11H13Cl/c12-8-10-6-3-5-9-4-1-2-7-11(9)10/h3,5-6H,1-2,4,7-8H2. The minimum atomic E-state index is 0.670. The molecular weight excluding hydrogens is 168 g/mol. The van der Waals surface area contributed by atoms with E-state index in [-0.39, 0.29) is 0 Å². The maximum atomic E-state index is 5.86. The lowest BCUT2D eigenvalue weighted by atomic mass is 9.89. The number of rotatable bonds is 1. The normalized spacial score (nSPS) is 15.8. The van der Waals surface area contributed by atoms with Crippen LogP contribution >= 0.6 is 11.6 Å². The van der Waals surface area contributed by atoms with Crippen LogP contribution in [0.2, 0.25) is 0 Å². The second-order valence-electron chi connectivity index (χ2n) is 3.40. The lowest BCUT2D eigenvalue weighted by Gasteiger charge is -2.17. The Morgan fingerprint density at radius 1 is 1.17 bits per heavy atom. The number of aryl methyl sites for hydroxylation is 1. The fraction of sp³-hybridized carbons (Fsp3) is 0.455. The molecular formula is C11H13Cl. The summed E-state index contributed by atoms with van der Waals surface area (Å²) in [5.74, 6) is 0.670. The summed E-state index contributed by atoms with van der Waals surface area (Å²) in [5, 5.41) is 0. The van der Waals surface area contributed by atoms with Crippen molar-refractivity contribution in [1.82, 2.24) is 0 Å². The van der Waals surface area contributed by atoms with Gasteiger partial charge in [-0.2, -0.15) is 0 Å². The summed E-state index contributed by atoms with van der Waals surface area (Å²) in [4.78, 5) is 0. The van der Waals surface area contributed by atoms with Crippen LogP contribution in [0, 0.1) is 0 Å². The van der Waals surface area contributed by atoms with Crippen molar-refractivity contribution in [3.8, 4) is 0 Å². The highest BCUT2D eigenvalue weighted by molar-refractivity contribution is 6.17. The van der Waals surface area contributed by atoms with Gasteiger partial charge in [0.25, 0.3) is 0 Å². The van der Waals surface area contributed by atoms with Gasteiger partial charge in [0.2, 0.25) is 0 Å². The highest BCUT2D eigenvalue weighted by Gasteiger charge is 2.11. The van der Waals surface area contributed by atoms with Crippen LogP contribution < -0.4 is 0 Å². The minimum absolute atomic E-state index is 0.670. The molecule has 0 aliphatic heterocycles. The number of hydrogen-bond donors (Lipinski definition) is 0. The summed E-state index contributed by atoms with van der Waals surface area (Å²) in [7, 11) is 0. The molecule has 0 saturated carbocycles. The maximum Gasteiger partial charge on any atom is 0.0476 e. The molecule has 0 N–H and O–H groups in total. The number of benzene rings is 1. The first-order valence-electron chi connectivity index (χ1n) is 4.57. The van der Waals surface area contributed by atoms with Crippen molar-refractivity contribution in [2.45, 2.75) is 31.6 Å². The molecule has 0 amide bonds. The van der Waals surface area contributed by atoms with E-state index < -0.39 is 0 Å². The Bertz CT molecular complexity index is 264. The largest absolute Gasteiger partial charge is 0.122 e. The zero-order valence-electron chi connectivity index (χ0n) is 7.15. The summed E-state index contributed by atoms with van der Waals surface area (Å²) in [6.45, 7) is 0. The highest BCUT2D eigenvalue weighted by Crippen LogP contribution is 2.25. The molecule has 1 heteroatoms. The summed E-state index contributed by atoms with van der Waals surface area (Å²) in [6.07, 6.45) is 5.16. The number of fused-ring (bicyclic) bond motifs is 1. The van der Waals surface area contributed by atoms with E-state index in [2.05, 4.69) is 18.2 Å². The van der Waals surface area contributed by atoms with E-state index >= 15 is 0 Å². The van der Waals surface area contributed by atoms with Gasteiger partial charge in [-0.1, -0.05) is 18.2 Å². The number of halogens is 1. The Labute approximate surface area is 78.6 Å². The Balaban J connectivity index is 2.44. The van der Waals surface area contributed by atoms with E-state index in [0.717, 1.165) is 0 Å². The molecule has 0 fully saturated rings. The van der Waals surface area contributed by atoms with Gasteiger partial charge >= 0.3 is 0 Å². The topological polar surface area (TPSA) is 0 Å². The van der Waals surface area contributed by atoms with Crippen molar-refractivity contribution in [1.29, 1.82) is 0 Å². The highest BCUT2D eigenvalue weighted by atomic mass is 35.5. The molecule has 1 aliphatic rings. The second-order valence-corrected chi connectivity index (χ2v) is 3.66. The molecule has 0 heterocycles. The smallest absolute Gasteiger partial charge is 0.0476 e. The van der Waals surface area contributed by atoms with E-state index in [1.807, 2.05) is 0 Å². The van der Waals surface area contributed by atoms with E-state index in [0.29, 0.717) is 5.88 Å². The van der Waals surface area contributed by atoms with Gasteiger partial charge in [0.05, 0.1) is 0 Å². The van der Waals surface area contributed by atoms with Crippen molar-refractivity contribution in [2.24, 2.45) is 0 Å². The predicted octanol–water partition coefficient (Wildman–Crippen LogP) is 3.30. The summed E-state index contributed by atoms with van der Waals surface area (Å²) < 4.78 is 0. The molecule has 12 heavy (non-hydrogen) atoms. The molecule has 1 aromatic rings. The van der Waals surface area contributed by atoms with Crippen molar-refractivity contribution in [3.05, 3.63) is 34.9 Å². The van der Waals surface area contributed by atoms with Crippen molar-refractivity contribution >= 4 is 11.6 Å². The monoisotopic (exact) mass is 180 g/mol. The molecule has 0 unspecified atom stereocenters. The molecule has 0 saturated heterocycles. The fourth-order valence-electron chi connectivity index (χ4n) is 1.99. The lowest BCUT2D eigenvalue weighted by Crippen LogP contribution is -2.05. The Morgan fingerprint density at radius 2 is 2.00 bits per heavy atom. The third-order valence-electron chi connectivity index (χ3n) is 2.64. The lowest BCUT2D eigenvalue weighted by molar-refractivity contribution is 0.681. The number of hydrogen-bond acceptors (Lipinski definition) is 0. The maximum absolute atomic E-state index is 5.86.